The van der Waals surface area contributed by atoms with E-state index < -0.39 is 23.6 Å². The average Bonchev–Trinajstić information content (AvgIpc) is 2.45. The quantitative estimate of drug-likeness (QED) is 0.562. The molecule has 0 saturated carbocycles. The van der Waals surface area contributed by atoms with E-state index in [4.69, 9.17) is 9.47 Å². The molecule has 1 rings (SSSR count). The topological polar surface area (TPSA) is 69.7 Å². The lowest BCUT2D eigenvalue weighted by atomic mass is 9.91. The zero-order valence-corrected chi connectivity index (χ0v) is 11.6. The van der Waals surface area contributed by atoms with Crippen molar-refractivity contribution in [3.05, 3.63) is 35.9 Å². The third kappa shape index (κ3) is 4.50. The number of hydrogen-bond donors (Lipinski definition) is 0. The smallest absolute Gasteiger partial charge is 0.375 e. The molecule has 0 aliphatic carbocycles. The first-order valence-electron chi connectivity index (χ1n) is 6.51. The number of ether oxygens (including phenoxy) is 2. The highest BCUT2D eigenvalue weighted by Crippen LogP contribution is 2.22. The molecule has 1 atom stereocenters. The van der Waals surface area contributed by atoms with Crippen LogP contribution in [0.2, 0.25) is 0 Å². The summed E-state index contributed by atoms with van der Waals surface area (Å²) in [5.74, 6) is -3.04. The Morgan fingerprint density at radius 3 is 2.15 bits per heavy atom. The van der Waals surface area contributed by atoms with Crippen molar-refractivity contribution < 1.29 is 23.9 Å². The van der Waals surface area contributed by atoms with Crippen LogP contribution in [0.3, 0.4) is 0 Å². The van der Waals surface area contributed by atoms with E-state index >= 15 is 0 Å². The van der Waals surface area contributed by atoms with E-state index in [0.717, 1.165) is 0 Å². The van der Waals surface area contributed by atoms with Crippen LogP contribution in [0.25, 0.3) is 0 Å². The molecule has 5 nitrogen and oxygen atoms in total. The predicted molar refractivity (Wildman–Crippen MR) is 72.1 cm³/mol. The predicted octanol–water partition coefficient (Wildman–Crippen LogP) is 1.86. The molecule has 0 aliphatic heterocycles. The number of carbonyl (C=O) groups is 3. The minimum atomic E-state index is -0.925. The lowest BCUT2D eigenvalue weighted by molar-refractivity contribution is -0.155. The van der Waals surface area contributed by atoms with Gasteiger partial charge in [0.05, 0.1) is 25.6 Å². The molecule has 20 heavy (non-hydrogen) atoms. The molecule has 0 bridgehead atoms. The molecule has 108 valence electrons. The molecular formula is C15H18O5. The number of rotatable bonds is 7. The molecule has 0 fully saturated rings. The number of ketones is 1. The Labute approximate surface area is 117 Å². The third-order valence-electron chi connectivity index (χ3n) is 2.67. The van der Waals surface area contributed by atoms with Crippen molar-refractivity contribution in [3.63, 3.8) is 0 Å². The second-order valence-corrected chi connectivity index (χ2v) is 4.06. The fourth-order valence-corrected chi connectivity index (χ4v) is 1.78. The van der Waals surface area contributed by atoms with E-state index in [9.17, 15) is 14.4 Å². The van der Waals surface area contributed by atoms with Gasteiger partial charge in [-0.2, -0.15) is 0 Å². The van der Waals surface area contributed by atoms with E-state index in [1.165, 1.54) is 0 Å². The normalized spacial score (nSPS) is 11.5. The Kier molecular flexibility index (Phi) is 6.43. The van der Waals surface area contributed by atoms with Gasteiger partial charge in [0.25, 0.3) is 0 Å². The molecule has 0 amide bonds. The number of esters is 2. The van der Waals surface area contributed by atoms with Gasteiger partial charge < -0.3 is 9.47 Å². The van der Waals surface area contributed by atoms with Crippen LogP contribution in [0.1, 0.15) is 31.7 Å². The molecule has 5 heteroatoms. The summed E-state index contributed by atoms with van der Waals surface area (Å²) in [5, 5.41) is 0. The van der Waals surface area contributed by atoms with Gasteiger partial charge in [-0.15, -0.1) is 0 Å². The number of benzene rings is 1. The van der Waals surface area contributed by atoms with Gasteiger partial charge in [0, 0.05) is 0 Å². The van der Waals surface area contributed by atoms with E-state index in [1.54, 1.807) is 44.2 Å². The first kappa shape index (κ1) is 15.9. The van der Waals surface area contributed by atoms with E-state index in [0.29, 0.717) is 5.56 Å². The van der Waals surface area contributed by atoms with E-state index in [1.807, 2.05) is 0 Å². The Morgan fingerprint density at radius 2 is 1.60 bits per heavy atom. The summed E-state index contributed by atoms with van der Waals surface area (Å²) in [6, 6.07) is 8.67. The Morgan fingerprint density at radius 1 is 1.00 bits per heavy atom. The van der Waals surface area contributed by atoms with Crippen LogP contribution >= 0.6 is 0 Å². The number of carbonyl (C=O) groups excluding carboxylic acids is 3. The molecule has 0 spiro atoms. The highest BCUT2D eigenvalue weighted by Gasteiger charge is 2.30. The molecule has 0 N–H and O–H groups in total. The molecule has 0 radical (unpaired) electrons. The highest BCUT2D eigenvalue weighted by molar-refractivity contribution is 6.36. The van der Waals surface area contributed by atoms with Crippen molar-refractivity contribution in [2.24, 2.45) is 0 Å². The average molecular weight is 278 g/mol. The highest BCUT2D eigenvalue weighted by atomic mass is 16.5. The van der Waals surface area contributed by atoms with Crippen LogP contribution in [-0.2, 0) is 23.9 Å². The second-order valence-electron chi connectivity index (χ2n) is 4.06. The minimum absolute atomic E-state index is 0.117. The fourth-order valence-electron chi connectivity index (χ4n) is 1.78. The van der Waals surface area contributed by atoms with Gasteiger partial charge in [0.15, 0.2) is 0 Å². The number of hydrogen-bond acceptors (Lipinski definition) is 5. The fraction of sp³-hybridized carbons (Fsp3) is 0.400. The third-order valence-corrected chi connectivity index (χ3v) is 2.67. The van der Waals surface area contributed by atoms with Gasteiger partial charge in [-0.3, -0.25) is 9.59 Å². The van der Waals surface area contributed by atoms with Crippen LogP contribution < -0.4 is 0 Å². The van der Waals surface area contributed by atoms with Crippen molar-refractivity contribution in [2.75, 3.05) is 13.2 Å². The van der Waals surface area contributed by atoms with Gasteiger partial charge in [-0.1, -0.05) is 30.3 Å². The molecule has 0 saturated heterocycles. The zero-order chi connectivity index (χ0) is 15.0. The lowest BCUT2D eigenvalue weighted by Gasteiger charge is -2.14. The minimum Gasteiger partial charge on any atom is -0.466 e. The Balaban J connectivity index is 2.93. The van der Waals surface area contributed by atoms with Crippen LogP contribution in [0.5, 0.6) is 0 Å². The lowest BCUT2D eigenvalue weighted by Crippen LogP contribution is -2.27. The van der Waals surface area contributed by atoms with Crippen LogP contribution in [-0.4, -0.2) is 30.9 Å². The molecule has 0 heterocycles. The first-order valence-corrected chi connectivity index (χ1v) is 6.51. The Bertz CT molecular complexity index is 466. The van der Waals surface area contributed by atoms with Gasteiger partial charge in [-0.25, -0.2) is 4.79 Å². The standard InChI is InChI=1S/C15H18O5/c1-3-19-13(16)10-12(11-8-6-5-7-9-11)14(17)15(18)20-4-2/h5-9,12H,3-4,10H2,1-2H3. The molecule has 0 aliphatic rings. The summed E-state index contributed by atoms with van der Waals surface area (Å²) in [6.07, 6.45) is -0.171. The maximum Gasteiger partial charge on any atom is 0.375 e. The maximum absolute atomic E-state index is 12.1. The van der Waals surface area contributed by atoms with Gasteiger partial charge in [-0.05, 0) is 19.4 Å². The van der Waals surface area contributed by atoms with Crippen LogP contribution in [0, 0.1) is 0 Å². The van der Waals surface area contributed by atoms with Gasteiger partial charge >= 0.3 is 11.9 Å². The van der Waals surface area contributed by atoms with Crippen molar-refractivity contribution in [3.8, 4) is 0 Å². The summed E-state index contributed by atoms with van der Waals surface area (Å²) < 4.78 is 9.55. The van der Waals surface area contributed by atoms with Gasteiger partial charge in [0.2, 0.25) is 5.78 Å². The van der Waals surface area contributed by atoms with Crippen molar-refractivity contribution in [2.45, 2.75) is 26.2 Å². The Hall–Kier alpha value is -2.17. The summed E-state index contributed by atoms with van der Waals surface area (Å²) in [5.41, 5.74) is 0.596. The number of Topliss-reactive ketones (excluding diaryl/α,β-unsaturated/α-hetero) is 1. The maximum atomic E-state index is 12.1. The molecule has 1 unspecified atom stereocenters. The van der Waals surface area contributed by atoms with Crippen molar-refractivity contribution >= 4 is 17.7 Å². The molecule has 1 aromatic carbocycles. The van der Waals surface area contributed by atoms with Crippen LogP contribution in [0.15, 0.2) is 30.3 Å². The first-order chi connectivity index (χ1) is 9.60. The zero-order valence-electron chi connectivity index (χ0n) is 11.6. The monoisotopic (exact) mass is 278 g/mol. The summed E-state index contributed by atoms with van der Waals surface area (Å²) >= 11 is 0. The van der Waals surface area contributed by atoms with Crippen molar-refractivity contribution in [1.29, 1.82) is 0 Å². The molecule has 0 aromatic heterocycles. The SMILES string of the molecule is CCOC(=O)CC(C(=O)C(=O)OCC)c1ccccc1. The molecule has 1 aromatic rings. The van der Waals surface area contributed by atoms with E-state index in [2.05, 4.69) is 0 Å². The summed E-state index contributed by atoms with van der Waals surface area (Å²) in [6.45, 7) is 3.65. The summed E-state index contributed by atoms with van der Waals surface area (Å²) in [4.78, 5) is 35.2. The molecular weight excluding hydrogens is 260 g/mol. The van der Waals surface area contributed by atoms with Crippen molar-refractivity contribution in [1.82, 2.24) is 0 Å². The van der Waals surface area contributed by atoms with Gasteiger partial charge in [0.1, 0.15) is 0 Å². The van der Waals surface area contributed by atoms with Crippen LogP contribution in [0.4, 0.5) is 0 Å². The summed E-state index contributed by atoms with van der Waals surface area (Å²) in [7, 11) is 0. The largest absolute Gasteiger partial charge is 0.466 e. The second kappa shape index (κ2) is 8.09. The van der Waals surface area contributed by atoms with E-state index in [-0.39, 0.29) is 19.6 Å².